The largest absolute Gasteiger partial charge is 0.480 e. The fourth-order valence-corrected chi connectivity index (χ4v) is 3.05. The highest BCUT2D eigenvalue weighted by atomic mass is 35.5. The zero-order valence-electron chi connectivity index (χ0n) is 14.1. The van der Waals surface area contributed by atoms with E-state index in [9.17, 15) is 9.59 Å². The maximum atomic E-state index is 12.6. The van der Waals surface area contributed by atoms with Gasteiger partial charge in [-0.2, -0.15) is 0 Å². The molecule has 27 heavy (non-hydrogen) atoms. The summed E-state index contributed by atoms with van der Waals surface area (Å²) in [5.74, 6) is 1.70. The number of rotatable bonds is 6. The molecular formula is C20H14Cl2N2O3. The van der Waals surface area contributed by atoms with Gasteiger partial charge in [-0.1, -0.05) is 83.9 Å². The number of benzene rings is 2. The number of allylic oxidation sites excluding steroid dienone is 1. The number of carbonyl (C=O) groups excluding carboxylic acids is 1. The molecule has 0 saturated heterocycles. The lowest BCUT2D eigenvalue weighted by Gasteiger charge is -2.15. The van der Waals surface area contributed by atoms with Gasteiger partial charge in [0.1, 0.15) is 6.61 Å². The molecule has 2 aromatic carbocycles. The Morgan fingerprint density at radius 2 is 1.63 bits per heavy atom. The second-order valence-electron chi connectivity index (χ2n) is 5.60. The molecule has 0 aliphatic heterocycles. The van der Waals surface area contributed by atoms with E-state index in [4.69, 9.17) is 27.9 Å². The second kappa shape index (κ2) is 8.69. The fraction of sp³-hybridized carbons (Fsp3) is 0.100. The van der Waals surface area contributed by atoms with Crippen LogP contribution in [0.3, 0.4) is 0 Å². The van der Waals surface area contributed by atoms with Gasteiger partial charge in [-0.3, -0.25) is 9.36 Å². The maximum absolute atomic E-state index is 12.6. The molecule has 0 saturated carbocycles. The minimum absolute atomic E-state index is 0.0449. The standard InChI is InChI=1S/C20H14Cl2N2O3/c21-18-17(15-9-5-2-6-10-15)24(20(26)19(22)23-18)11-16(12-25)27-13-14-7-3-1-4-8-14/h1-10H,11,13H2. The number of nitrogens with zero attached hydrogens (tertiary/aromatic N) is 2. The summed E-state index contributed by atoms with van der Waals surface area (Å²) in [4.78, 5) is 27.8. The minimum Gasteiger partial charge on any atom is -0.480 e. The smallest absolute Gasteiger partial charge is 0.289 e. The first-order valence-corrected chi connectivity index (χ1v) is 8.77. The van der Waals surface area contributed by atoms with Crippen LogP contribution >= 0.6 is 23.2 Å². The van der Waals surface area contributed by atoms with E-state index in [1.807, 2.05) is 36.4 Å². The Hall–Kier alpha value is -2.85. The van der Waals surface area contributed by atoms with Gasteiger partial charge >= 0.3 is 0 Å². The van der Waals surface area contributed by atoms with Gasteiger partial charge in [0.25, 0.3) is 5.56 Å². The van der Waals surface area contributed by atoms with Crippen LogP contribution in [0.5, 0.6) is 0 Å². The normalized spacial score (nSPS) is 10.3. The lowest BCUT2D eigenvalue weighted by Crippen LogP contribution is -2.25. The summed E-state index contributed by atoms with van der Waals surface area (Å²) >= 11 is 12.1. The summed E-state index contributed by atoms with van der Waals surface area (Å²) in [7, 11) is 0. The number of hydrogen-bond donors (Lipinski definition) is 0. The highest BCUT2D eigenvalue weighted by Crippen LogP contribution is 2.26. The third-order valence-corrected chi connectivity index (χ3v) is 4.31. The molecule has 136 valence electrons. The molecule has 3 aromatic rings. The Labute approximate surface area is 165 Å². The van der Waals surface area contributed by atoms with Crippen molar-refractivity contribution in [3.8, 4) is 11.3 Å². The summed E-state index contributed by atoms with van der Waals surface area (Å²) in [6, 6.07) is 18.3. The number of hydrogen-bond acceptors (Lipinski definition) is 4. The first kappa shape index (κ1) is 18.9. The van der Waals surface area contributed by atoms with E-state index >= 15 is 0 Å². The van der Waals surface area contributed by atoms with E-state index in [2.05, 4.69) is 4.98 Å². The lowest BCUT2D eigenvalue weighted by molar-refractivity contribution is 0.187. The predicted octanol–water partition coefficient (Wildman–Crippen LogP) is 4.15. The molecule has 0 bridgehead atoms. The van der Waals surface area contributed by atoms with Crippen molar-refractivity contribution >= 4 is 29.1 Å². The van der Waals surface area contributed by atoms with Gasteiger partial charge in [0.2, 0.25) is 0 Å². The molecule has 7 heteroatoms. The minimum atomic E-state index is -0.573. The van der Waals surface area contributed by atoms with Crippen LogP contribution in [0.15, 0.2) is 71.2 Å². The molecule has 0 aliphatic carbocycles. The van der Waals surface area contributed by atoms with Crippen molar-refractivity contribution in [2.75, 3.05) is 0 Å². The SMILES string of the molecule is O=C=C(Cn1c(-c2ccccc2)c(Cl)nc(Cl)c1=O)OCc1ccccc1. The number of halogens is 2. The van der Waals surface area contributed by atoms with Gasteiger partial charge in [-0.15, -0.1) is 0 Å². The van der Waals surface area contributed by atoms with Crippen LogP contribution in [0.4, 0.5) is 0 Å². The molecule has 0 amide bonds. The zero-order chi connectivity index (χ0) is 19.2. The third kappa shape index (κ3) is 4.47. The molecule has 5 nitrogen and oxygen atoms in total. The Balaban J connectivity index is 1.95. The predicted molar refractivity (Wildman–Crippen MR) is 104 cm³/mol. The number of ether oxygens (including phenoxy) is 1. The summed E-state index contributed by atoms with van der Waals surface area (Å²) in [6.07, 6.45) is 0. The summed E-state index contributed by atoms with van der Waals surface area (Å²) in [6.45, 7) is 0.00867. The second-order valence-corrected chi connectivity index (χ2v) is 6.31. The molecule has 0 radical (unpaired) electrons. The Kier molecular flexibility index (Phi) is 6.09. The molecule has 1 aromatic heterocycles. The molecule has 0 N–H and O–H groups in total. The van der Waals surface area contributed by atoms with Crippen molar-refractivity contribution in [3.63, 3.8) is 0 Å². The Morgan fingerprint density at radius 1 is 1.00 bits per heavy atom. The van der Waals surface area contributed by atoms with Crippen LogP contribution < -0.4 is 5.56 Å². The third-order valence-electron chi connectivity index (χ3n) is 3.80. The Bertz CT molecular complexity index is 1040. The summed E-state index contributed by atoms with van der Waals surface area (Å²) in [5, 5.41) is -0.230. The monoisotopic (exact) mass is 400 g/mol. The van der Waals surface area contributed by atoms with E-state index < -0.39 is 5.56 Å². The van der Waals surface area contributed by atoms with Gasteiger partial charge < -0.3 is 4.74 Å². The van der Waals surface area contributed by atoms with Crippen molar-refractivity contribution in [1.29, 1.82) is 0 Å². The molecule has 0 fully saturated rings. The van der Waals surface area contributed by atoms with E-state index in [0.717, 1.165) is 5.56 Å². The van der Waals surface area contributed by atoms with Crippen molar-refractivity contribution in [1.82, 2.24) is 9.55 Å². The van der Waals surface area contributed by atoms with Gasteiger partial charge in [-0.05, 0) is 5.56 Å². The fourth-order valence-electron chi connectivity index (χ4n) is 2.53. The van der Waals surface area contributed by atoms with Gasteiger partial charge in [0.15, 0.2) is 22.0 Å². The highest BCUT2D eigenvalue weighted by molar-refractivity contribution is 6.33. The van der Waals surface area contributed by atoms with E-state index in [-0.39, 0.29) is 29.2 Å². The summed E-state index contributed by atoms with van der Waals surface area (Å²) in [5.41, 5.74) is 1.32. The maximum Gasteiger partial charge on any atom is 0.289 e. The van der Waals surface area contributed by atoms with Crippen molar-refractivity contribution < 1.29 is 9.53 Å². The first-order valence-electron chi connectivity index (χ1n) is 8.02. The molecule has 0 unspecified atom stereocenters. The Morgan fingerprint density at radius 3 is 2.26 bits per heavy atom. The van der Waals surface area contributed by atoms with Crippen LogP contribution in [0, 0.1) is 0 Å². The van der Waals surface area contributed by atoms with Crippen LogP contribution in [0.2, 0.25) is 10.3 Å². The van der Waals surface area contributed by atoms with Crippen molar-refractivity contribution in [2.45, 2.75) is 13.2 Å². The molecule has 0 spiro atoms. The topological polar surface area (TPSA) is 61.2 Å². The molecule has 0 atom stereocenters. The average Bonchev–Trinajstić information content (AvgIpc) is 2.70. The quantitative estimate of drug-likeness (QED) is 0.460. The van der Waals surface area contributed by atoms with E-state index in [1.54, 1.807) is 30.2 Å². The van der Waals surface area contributed by atoms with E-state index in [1.165, 1.54) is 4.57 Å². The van der Waals surface area contributed by atoms with Crippen molar-refractivity contribution in [3.05, 3.63) is 92.6 Å². The average molecular weight is 401 g/mol. The van der Waals surface area contributed by atoms with Crippen LogP contribution in [-0.4, -0.2) is 15.5 Å². The van der Waals surface area contributed by atoms with Gasteiger partial charge in [-0.25, -0.2) is 9.78 Å². The molecular weight excluding hydrogens is 387 g/mol. The van der Waals surface area contributed by atoms with E-state index in [0.29, 0.717) is 11.3 Å². The molecule has 0 aliphatic rings. The molecule has 1 heterocycles. The lowest BCUT2D eigenvalue weighted by atomic mass is 10.1. The van der Waals surface area contributed by atoms with Crippen LogP contribution in [0.1, 0.15) is 5.56 Å². The zero-order valence-corrected chi connectivity index (χ0v) is 15.6. The summed E-state index contributed by atoms with van der Waals surface area (Å²) < 4.78 is 6.80. The van der Waals surface area contributed by atoms with Crippen molar-refractivity contribution in [2.24, 2.45) is 0 Å². The number of aromatic nitrogens is 2. The van der Waals surface area contributed by atoms with Crippen LogP contribution in [0.25, 0.3) is 11.3 Å². The van der Waals surface area contributed by atoms with Gasteiger partial charge in [0, 0.05) is 5.56 Å². The molecule has 3 rings (SSSR count). The van der Waals surface area contributed by atoms with Crippen LogP contribution in [-0.2, 0) is 22.7 Å². The highest BCUT2D eigenvalue weighted by Gasteiger charge is 2.18. The van der Waals surface area contributed by atoms with Gasteiger partial charge in [0.05, 0.1) is 12.2 Å². The first-order chi connectivity index (χ1) is 13.1.